The molecule has 1 N–H and O–H groups in total. The number of hydrogen-bond donors (Lipinski definition) is 1. The standard InChI is InChI=1S/C20H22FN3O/c1-15(8-11-21)19(25)23-13-9-20(10-14-23)18-7-4-12-24(18)17-6-3-2-5-16(17)22-20/h2-8,11-12,15,22H,9-10,13-14H2,1H3/b11-8+. The predicted octanol–water partition coefficient (Wildman–Crippen LogP) is 3.84. The molecule has 2 aliphatic heterocycles. The van der Waals surface area contributed by atoms with E-state index in [1.54, 1.807) is 6.92 Å². The SMILES string of the molecule is CC(/C=C/F)C(=O)N1CCC2(CC1)Nc1ccccc1-n1cccc12. The summed E-state index contributed by atoms with van der Waals surface area (Å²) in [5.74, 6) is -0.418. The zero-order valence-electron chi connectivity index (χ0n) is 14.3. The lowest BCUT2D eigenvalue weighted by Crippen LogP contribution is -2.51. The number of benzene rings is 1. The van der Waals surface area contributed by atoms with Crippen molar-refractivity contribution in [3.8, 4) is 5.69 Å². The van der Waals surface area contributed by atoms with Crippen LogP contribution >= 0.6 is 0 Å². The van der Waals surface area contributed by atoms with Gasteiger partial charge in [-0.05, 0) is 50.1 Å². The van der Waals surface area contributed by atoms with E-state index in [-0.39, 0.29) is 11.4 Å². The molecule has 1 atom stereocenters. The first kappa shape index (κ1) is 15.9. The molecule has 2 aromatic rings. The largest absolute Gasteiger partial charge is 0.372 e. The molecule has 1 unspecified atom stereocenters. The van der Waals surface area contributed by atoms with E-state index in [4.69, 9.17) is 0 Å². The summed E-state index contributed by atoms with van der Waals surface area (Å²) in [6.07, 6.45) is 5.54. The highest BCUT2D eigenvalue weighted by Crippen LogP contribution is 2.43. The molecule has 0 saturated carbocycles. The Hall–Kier alpha value is -2.56. The molecule has 0 bridgehead atoms. The van der Waals surface area contributed by atoms with Crippen molar-refractivity contribution in [3.05, 3.63) is 60.7 Å². The Morgan fingerprint density at radius 3 is 2.76 bits per heavy atom. The summed E-state index contributed by atoms with van der Waals surface area (Å²) in [6.45, 7) is 3.08. The second-order valence-electron chi connectivity index (χ2n) is 6.92. The monoisotopic (exact) mass is 339 g/mol. The number of piperidine rings is 1. The summed E-state index contributed by atoms with van der Waals surface area (Å²) >= 11 is 0. The number of aromatic nitrogens is 1. The van der Waals surface area contributed by atoms with Crippen molar-refractivity contribution in [2.24, 2.45) is 5.92 Å². The summed E-state index contributed by atoms with van der Waals surface area (Å²) < 4.78 is 14.6. The molecular weight excluding hydrogens is 317 g/mol. The molecule has 1 amide bonds. The van der Waals surface area contributed by atoms with Crippen LogP contribution in [0.15, 0.2) is 55.0 Å². The smallest absolute Gasteiger partial charge is 0.229 e. The van der Waals surface area contributed by atoms with Gasteiger partial charge in [0.05, 0.1) is 29.2 Å². The van der Waals surface area contributed by atoms with E-state index < -0.39 is 5.92 Å². The number of rotatable bonds is 2. The van der Waals surface area contributed by atoms with Crippen molar-refractivity contribution in [3.63, 3.8) is 0 Å². The van der Waals surface area contributed by atoms with Crippen LogP contribution in [-0.2, 0) is 10.3 Å². The fraction of sp³-hybridized carbons (Fsp3) is 0.350. The normalized spacial score (nSPS) is 19.4. The maximum atomic E-state index is 12.4. The van der Waals surface area contributed by atoms with Gasteiger partial charge in [-0.25, -0.2) is 4.39 Å². The highest BCUT2D eigenvalue weighted by Gasteiger charge is 2.42. The number of halogens is 1. The van der Waals surface area contributed by atoms with E-state index in [1.807, 2.05) is 17.0 Å². The first-order valence-corrected chi connectivity index (χ1v) is 8.76. The molecule has 2 aliphatic rings. The molecule has 0 radical (unpaired) electrons. The first-order valence-electron chi connectivity index (χ1n) is 8.76. The van der Waals surface area contributed by atoms with Crippen LogP contribution < -0.4 is 5.32 Å². The number of likely N-dealkylation sites (tertiary alicyclic amines) is 1. The second-order valence-corrected chi connectivity index (χ2v) is 6.92. The van der Waals surface area contributed by atoms with Gasteiger partial charge in [-0.2, -0.15) is 0 Å². The molecule has 130 valence electrons. The van der Waals surface area contributed by atoms with Crippen molar-refractivity contribution < 1.29 is 9.18 Å². The van der Waals surface area contributed by atoms with Crippen molar-refractivity contribution in [1.29, 1.82) is 0 Å². The van der Waals surface area contributed by atoms with Gasteiger partial charge in [0.25, 0.3) is 0 Å². The van der Waals surface area contributed by atoms with E-state index in [0.717, 1.165) is 24.2 Å². The minimum atomic E-state index is -0.414. The summed E-state index contributed by atoms with van der Waals surface area (Å²) in [7, 11) is 0. The number of carbonyl (C=O) groups is 1. The highest BCUT2D eigenvalue weighted by molar-refractivity contribution is 5.80. The maximum Gasteiger partial charge on any atom is 0.229 e. The minimum absolute atomic E-state index is 0.00431. The Kier molecular flexibility index (Phi) is 3.86. The number of para-hydroxylation sites is 2. The van der Waals surface area contributed by atoms with Crippen LogP contribution in [0.3, 0.4) is 0 Å². The average Bonchev–Trinajstić information content (AvgIpc) is 3.13. The summed E-state index contributed by atoms with van der Waals surface area (Å²) in [6, 6.07) is 12.5. The van der Waals surface area contributed by atoms with Gasteiger partial charge < -0.3 is 14.8 Å². The van der Waals surface area contributed by atoms with Crippen molar-refractivity contribution in [1.82, 2.24) is 9.47 Å². The van der Waals surface area contributed by atoms with Gasteiger partial charge in [0.15, 0.2) is 0 Å². The van der Waals surface area contributed by atoms with E-state index >= 15 is 0 Å². The molecule has 1 saturated heterocycles. The molecule has 1 aromatic heterocycles. The average molecular weight is 339 g/mol. The van der Waals surface area contributed by atoms with E-state index in [2.05, 4.69) is 40.3 Å². The first-order chi connectivity index (χ1) is 12.1. The van der Waals surface area contributed by atoms with Gasteiger partial charge in [0, 0.05) is 25.0 Å². The van der Waals surface area contributed by atoms with E-state index in [9.17, 15) is 9.18 Å². The molecule has 1 aromatic carbocycles. The topological polar surface area (TPSA) is 37.3 Å². The number of amides is 1. The Morgan fingerprint density at radius 1 is 1.24 bits per heavy atom. The van der Waals surface area contributed by atoms with Crippen LogP contribution in [0.5, 0.6) is 0 Å². The quantitative estimate of drug-likeness (QED) is 0.903. The second kappa shape index (κ2) is 6.06. The molecule has 4 nitrogen and oxygen atoms in total. The van der Waals surface area contributed by atoms with E-state index in [0.29, 0.717) is 19.4 Å². The van der Waals surface area contributed by atoms with Crippen LogP contribution in [-0.4, -0.2) is 28.5 Å². The molecule has 4 rings (SSSR count). The molecule has 1 fully saturated rings. The summed E-state index contributed by atoms with van der Waals surface area (Å²) in [5, 5.41) is 3.74. The van der Waals surface area contributed by atoms with Gasteiger partial charge in [-0.15, -0.1) is 0 Å². The summed E-state index contributed by atoms with van der Waals surface area (Å²) in [4.78, 5) is 14.3. The molecule has 25 heavy (non-hydrogen) atoms. The Morgan fingerprint density at radius 2 is 2.00 bits per heavy atom. The Labute approximate surface area is 146 Å². The van der Waals surface area contributed by atoms with Gasteiger partial charge >= 0.3 is 0 Å². The minimum Gasteiger partial charge on any atom is -0.372 e. The number of hydrogen-bond acceptors (Lipinski definition) is 2. The molecule has 0 aliphatic carbocycles. The molecular formula is C20H22FN3O. The van der Waals surface area contributed by atoms with Gasteiger partial charge in [0.1, 0.15) is 0 Å². The third kappa shape index (κ3) is 2.54. The zero-order valence-corrected chi connectivity index (χ0v) is 14.3. The molecule has 5 heteroatoms. The third-order valence-corrected chi connectivity index (χ3v) is 5.46. The fourth-order valence-electron chi connectivity index (χ4n) is 4.06. The van der Waals surface area contributed by atoms with Crippen molar-refractivity contribution in [2.45, 2.75) is 25.3 Å². The number of carbonyl (C=O) groups excluding carboxylic acids is 1. The molecule has 1 spiro atoms. The van der Waals surface area contributed by atoms with Gasteiger partial charge in [-0.3, -0.25) is 4.79 Å². The number of fused-ring (bicyclic) bond motifs is 4. The maximum absolute atomic E-state index is 12.4. The lowest BCUT2D eigenvalue weighted by molar-refractivity contribution is -0.135. The summed E-state index contributed by atoms with van der Waals surface area (Å²) in [5.41, 5.74) is 3.37. The van der Waals surface area contributed by atoms with Gasteiger partial charge in [-0.1, -0.05) is 12.1 Å². The fourth-order valence-corrected chi connectivity index (χ4v) is 4.06. The predicted molar refractivity (Wildman–Crippen MR) is 96.3 cm³/mol. The van der Waals surface area contributed by atoms with Crippen LogP contribution in [0.4, 0.5) is 10.1 Å². The lowest BCUT2D eigenvalue weighted by atomic mass is 9.82. The van der Waals surface area contributed by atoms with Crippen molar-refractivity contribution >= 4 is 11.6 Å². The third-order valence-electron chi connectivity index (χ3n) is 5.46. The van der Waals surface area contributed by atoms with Crippen molar-refractivity contribution in [2.75, 3.05) is 18.4 Å². The van der Waals surface area contributed by atoms with Crippen LogP contribution in [0, 0.1) is 5.92 Å². The lowest BCUT2D eigenvalue weighted by Gasteiger charge is -2.46. The Balaban J connectivity index is 1.59. The van der Waals surface area contributed by atoms with Crippen LogP contribution in [0.2, 0.25) is 0 Å². The zero-order chi connectivity index (χ0) is 17.4. The number of nitrogens with one attached hydrogen (secondary N) is 1. The van der Waals surface area contributed by atoms with Crippen LogP contribution in [0.1, 0.15) is 25.5 Å². The highest BCUT2D eigenvalue weighted by atomic mass is 19.1. The number of anilines is 1. The van der Waals surface area contributed by atoms with Gasteiger partial charge in [0.2, 0.25) is 5.91 Å². The van der Waals surface area contributed by atoms with E-state index in [1.165, 1.54) is 11.8 Å². The van der Waals surface area contributed by atoms with Crippen LogP contribution in [0.25, 0.3) is 5.69 Å². The molecule has 3 heterocycles. The number of nitrogens with zero attached hydrogens (tertiary/aromatic N) is 2. The Bertz CT molecular complexity index is 818.